The molecule has 0 radical (unpaired) electrons. The van der Waals surface area contributed by atoms with Crippen molar-refractivity contribution in [2.45, 2.75) is 25.9 Å². The van der Waals surface area contributed by atoms with Crippen molar-refractivity contribution in [2.24, 2.45) is 0 Å². The molecule has 3 nitrogen and oxygen atoms in total. The zero-order chi connectivity index (χ0) is 13.0. The average Bonchev–Trinajstić information content (AvgIpc) is 2.37. The number of para-hydroxylation sites is 1. The summed E-state index contributed by atoms with van der Waals surface area (Å²) in [4.78, 5) is 2.28. The molecule has 0 spiro atoms. The molecule has 1 saturated heterocycles. The van der Waals surface area contributed by atoms with Crippen molar-refractivity contribution in [1.82, 2.24) is 4.90 Å². The minimum atomic E-state index is 0.184. The van der Waals surface area contributed by atoms with Gasteiger partial charge in [-0.25, -0.2) is 0 Å². The lowest BCUT2D eigenvalue weighted by Crippen LogP contribution is -2.42. The molecule has 1 atom stereocenters. The summed E-state index contributed by atoms with van der Waals surface area (Å²) in [6.45, 7) is 7.77. The van der Waals surface area contributed by atoms with Gasteiger partial charge in [-0.15, -0.1) is 0 Å². The Balaban J connectivity index is 1.93. The van der Waals surface area contributed by atoms with E-state index in [0.717, 1.165) is 25.4 Å². The van der Waals surface area contributed by atoms with Gasteiger partial charge in [0.05, 0.1) is 6.61 Å². The number of nitrogens with zero attached hydrogens (tertiary/aromatic N) is 1. The van der Waals surface area contributed by atoms with Crippen LogP contribution in [0.25, 0.3) is 0 Å². The molecule has 18 heavy (non-hydrogen) atoms. The van der Waals surface area contributed by atoms with Crippen molar-refractivity contribution >= 4 is 0 Å². The monoisotopic (exact) mass is 249 g/mol. The minimum absolute atomic E-state index is 0.184. The Morgan fingerprint density at radius 2 is 2.17 bits per heavy atom. The lowest BCUT2D eigenvalue weighted by Gasteiger charge is -2.30. The van der Waals surface area contributed by atoms with E-state index in [1.165, 1.54) is 5.56 Å². The van der Waals surface area contributed by atoms with Crippen LogP contribution in [-0.4, -0.2) is 44.4 Å². The average molecular weight is 249 g/mol. The van der Waals surface area contributed by atoms with Crippen LogP contribution in [0, 0.1) is 0 Å². The van der Waals surface area contributed by atoms with Crippen molar-refractivity contribution in [2.75, 3.05) is 33.4 Å². The first-order valence-electron chi connectivity index (χ1n) is 6.68. The third kappa shape index (κ3) is 3.47. The van der Waals surface area contributed by atoms with Crippen LogP contribution in [0.2, 0.25) is 0 Å². The molecular weight excluding hydrogens is 226 g/mol. The van der Waals surface area contributed by atoms with Crippen LogP contribution in [-0.2, 0) is 4.74 Å². The molecule has 0 aliphatic carbocycles. The van der Waals surface area contributed by atoms with Gasteiger partial charge in [-0.2, -0.15) is 0 Å². The van der Waals surface area contributed by atoms with Gasteiger partial charge in [0, 0.05) is 13.1 Å². The van der Waals surface area contributed by atoms with Gasteiger partial charge in [-0.3, -0.25) is 0 Å². The molecule has 0 bridgehead atoms. The van der Waals surface area contributed by atoms with Gasteiger partial charge in [0.25, 0.3) is 0 Å². The number of rotatable bonds is 4. The van der Waals surface area contributed by atoms with E-state index in [9.17, 15) is 0 Å². The topological polar surface area (TPSA) is 21.7 Å². The van der Waals surface area contributed by atoms with Gasteiger partial charge in [0.1, 0.15) is 18.5 Å². The van der Waals surface area contributed by atoms with E-state index in [1.54, 1.807) is 0 Å². The van der Waals surface area contributed by atoms with E-state index in [2.05, 4.69) is 37.9 Å². The lowest BCUT2D eigenvalue weighted by molar-refractivity contribution is -0.0405. The van der Waals surface area contributed by atoms with Gasteiger partial charge in [0.2, 0.25) is 0 Å². The second-order valence-electron chi connectivity index (χ2n) is 5.26. The Bertz CT molecular complexity index is 379. The largest absolute Gasteiger partial charge is 0.491 e. The highest BCUT2D eigenvalue weighted by molar-refractivity contribution is 5.35. The maximum atomic E-state index is 5.93. The highest BCUT2D eigenvalue weighted by Crippen LogP contribution is 2.26. The van der Waals surface area contributed by atoms with Crippen molar-refractivity contribution in [3.63, 3.8) is 0 Å². The van der Waals surface area contributed by atoms with Crippen LogP contribution in [0.15, 0.2) is 24.3 Å². The Hall–Kier alpha value is -1.06. The standard InChI is InChI=1S/C15H23NO2/c1-12(2)14-6-4-5-7-15(14)18-11-13-10-16(3)8-9-17-13/h4-7,12-13H,8-11H2,1-3H3. The molecule has 0 N–H and O–H groups in total. The quantitative estimate of drug-likeness (QED) is 0.818. The molecule has 0 aromatic heterocycles. The van der Waals surface area contributed by atoms with Gasteiger partial charge < -0.3 is 14.4 Å². The summed E-state index contributed by atoms with van der Waals surface area (Å²) in [6, 6.07) is 8.26. The van der Waals surface area contributed by atoms with Crippen LogP contribution >= 0.6 is 0 Å². The summed E-state index contributed by atoms with van der Waals surface area (Å²) < 4.78 is 11.6. The normalized spacial score (nSPS) is 21.2. The fourth-order valence-electron chi connectivity index (χ4n) is 2.24. The number of hydrogen-bond acceptors (Lipinski definition) is 3. The van der Waals surface area contributed by atoms with Crippen LogP contribution in [0.4, 0.5) is 0 Å². The summed E-state index contributed by atoms with van der Waals surface area (Å²) in [6.07, 6.45) is 0.184. The first kappa shape index (κ1) is 13.4. The van der Waals surface area contributed by atoms with Gasteiger partial charge in [-0.1, -0.05) is 32.0 Å². The van der Waals surface area contributed by atoms with Gasteiger partial charge in [0.15, 0.2) is 0 Å². The van der Waals surface area contributed by atoms with Gasteiger partial charge >= 0.3 is 0 Å². The van der Waals surface area contributed by atoms with Crippen LogP contribution < -0.4 is 4.74 Å². The van der Waals surface area contributed by atoms with E-state index in [1.807, 2.05) is 12.1 Å². The molecule has 1 unspecified atom stereocenters. The maximum absolute atomic E-state index is 5.93. The molecule has 0 amide bonds. The number of morpholine rings is 1. The van der Waals surface area contributed by atoms with E-state index in [0.29, 0.717) is 12.5 Å². The predicted octanol–water partition coefficient (Wildman–Crippen LogP) is 2.52. The second kappa shape index (κ2) is 6.21. The summed E-state index contributed by atoms with van der Waals surface area (Å²) in [7, 11) is 2.12. The first-order chi connectivity index (χ1) is 8.66. The number of benzene rings is 1. The summed E-state index contributed by atoms with van der Waals surface area (Å²) >= 11 is 0. The van der Waals surface area contributed by atoms with E-state index in [-0.39, 0.29) is 6.10 Å². The zero-order valence-corrected chi connectivity index (χ0v) is 11.6. The van der Waals surface area contributed by atoms with Crippen LogP contribution in [0.3, 0.4) is 0 Å². The Labute approximate surface area is 110 Å². The zero-order valence-electron chi connectivity index (χ0n) is 11.6. The molecule has 1 aromatic carbocycles. The molecule has 3 heteroatoms. The molecule has 2 rings (SSSR count). The van der Waals surface area contributed by atoms with Crippen molar-refractivity contribution in [3.8, 4) is 5.75 Å². The lowest BCUT2D eigenvalue weighted by atomic mass is 10.0. The highest BCUT2D eigenvalue weighted by atomic mass is 16.5. The summed E-state index contributed by atoms with van der Waals surface area (Å²) in [5.41, 5.74) is 1.27. The number of likely N-dealkylation sites (N-methyl/N-ethyl adjacent to an activating group) is 1. The van der Waals surface area contributed by atoms with Crippen LogP contribution in [0.5, 0.6) is 5.75 Å². The van der Waals surface area contributed by atoms with Gasteiger partial charge in [-0.05, 0) is 24.6 Å². The van der Waals surface area contributed by atoms with E-state index >= 15 is 0 Å². The predicted molar refractivity (Wildman–Crippen MR) is 73.3 cm³/mol. The van der Waals surface area contributed by atoms with E-state index < -0.39 is 0 Å². The molecule has 0 saturated carbocycles. The van der Waals surface area contributed by atoms with E-state index in [4.69, 9.17) is 9.47 Å². The second-order valence-corrected chi connectivity index (χ2v) is 5.26. The fourth-order valence-corrected chi connectivity index (χ4v) is 2.24. The molecule has 1 aromatic rings. The summed E-state index contributed by atoms with van der Waals surface area (Å²) in [5.74, 6) is 1.47. The minimum Gasteiger partial charge on any atom is -0.491 e. The number of ether oxygens (including phenoxy) is 2. The van der Waals surface area contributed by atoms with Crippen LogP contribution in [0.1, 0.15) is 25.3 Å². The highest BCUT2D eigenvalue weighted by Gasteiger charge is 2.18. The van der Waals surface area contributed by atoms with Crippen molar-refractivity contribution in [1.29, 1.82) is 0 Å². The van der Waals surface area contributed by atoms with Crippen molar-refractivity contribution in [3.05, 3.63) is 29.8 Å². The SMILES string of the molecule is CC(C)c1ccccc1OCC1CN(C)CCO1. The molecule has 100 valence electrons. The molecule has 1 aliphatic heterocycles. The maximum Gasteiger partial charge on any atom is 0.122 e. The number of hydrogen-bond donors (Lipinski definition) is 0. The Kier molecular flexibility index (Phi) is 4.61. The Morgan fingerprint density at radius 3 is 2.89 bits per heavy atom. The summed E-state index contributed by atoms with van der Waals surface area (Å²) in [5, 5.41) is 0. The van der Waals surface area contributed by atoms with Crippen molar-refractivity contribution < 1.29 is 9.47 Å². The molecule has 1 heterocycles. The fraction of sp³-hybridized carbons (Fsp3) is 0.600. The third-order valence-electron chi connectivity index (χ3n) is 3.31. The molecular formula is C15H23NO2. The third-order valence-corrected chi connectivity index (χ3v) is 3.31. The first-order valence-corrected chi connectivity index (χ1v) is 6.68. The Morgan fingerprint density at radius 1 is 1.39 bits per heavy atom. The smallest absolute Gasteiger partial charge is 0.122 e. The molecule has 1 aliphatic rings. The molecule has 1 fully saturated rings.